The zero-order chi connectivity index (χ0) is 20.7. The fourth-order valence-electron chi connectivity index (χ4n) is 2.54. The number of hydrogen-bond donors (Lipinski definition) is 0. The molecule has 2 aromatic rings. The molecule has 28 heavy (non-hydrogen) atoms. The van der Waals surface area contributed by atoms with Crippen molar-refractivity contribution in [3.63, 3.8) is 0 Å². The van der Waals surface area contributed by atoms with E-state index in [1.165, 1.54) is 0 Å². The van der Waals surface area contributed by atoms with E-state index >= 15 is 0 Å². The molecule has 0 spiro atoms. The van der Waals surface area contributed by atoms with Crippen molar-refractivity contribution in [3.05, 3.63) is 39.9 Å². The first-order valence-corrected chi connectivity index (χ1v) is 10.0. The molecule has 0 atom stereocenters. The lowest BCUT2D eigenvalue weighted by molar-refractivity contribution is 0.0491. The second-order valence-corrected chi connectivity index (χ2v) is 7.42. The van der Waals surface area contributed by atoms with E-state index in [0.717, 1.165) is 19.2 Å². The molecule has 0 radical (unpaired) electrons. The summed E-state index contributed by atoms with van der Waals surface area (Å²) < 4.78 is 34.0. The van der Waals surface area contributed by atoms with Gasteiger partial charge in [-0.3, -0.25) is 0 Å². The maximum atomic E-state index is 5.59. The Hall–Kier alpha value is -1.65. The molecule has 0 N–H and O–H groups in total. The van der Waals surface area contributed by atoms with Crippen LogP contribution in [-0.4, -0.2) is 42.3 Å². The Morgan fingerprint density at radius 2 is 1.57 bits per heavy atom. The Kier molecular flexibility index (Phi) is 8.71. The SMILES string of the molecule is COCOc1cc(/C=C(/I)c2cc(OC)c(OC)c(OC)c2Br)ccc1OC. The lowest BCUT2D eigenvalue weighted by Crippen LogP contribution is -2.01. The average Bonchev–Trinajstić information content (AvgIpc) is 2.71. The molecular formula is C20H22BrIO6. The van der Waals surface area contributed by atoms with Gasteiger partial charge in [0.25, 0.3) is 0 Å². The first-order chi connectivity index (χ1) is 13.5. The number of methoxy groups -OCH3 is 5. The van der Waals surface area contributed by atoms with Crippen LogP contribution in [-0.2, 0) is 4.74 Å². The largest absolute Gasteiger partial charge is 0.493 e. The van der Waals surface area contributed by atoms with Gasteiger partial charge in [0.2, 0.25) is 5.75 Å². The van der Waals surface area contributed by atoms with Gasteiger partial charge in [-0.2, -0.15) is 0 Å². The summed E-state index contributed by atoms with van der Waals surface area (Å²) in [5.41, 5.74) is 1.85. The van der Waals surface area contributed by atoms with E-state index in [2.05, 4.69) is 38.5 Å². The summed E-state index contributed by atoms with van der Waals surface area (Å²) in [5.74, 6) is 2.92. The van der Waals surface area contributed by atoms with Crippen LogP contribution in [0.15, 0.2) is 28.7 Å². The summed E-state index contributed by atoms with van der Waals surface area (Å²) in [5, 5.41) is 0. The lowest BCUT2D eigenvalue weighted by atomic mass is 10.1. The van der Waals surface area contributed by atoms with Gasteiger partial charge < -0.3 is 28.4 Å². The van der Waals surface area contributed by atoms with Gasteiger partial charge in [0.05, 0.1) is 32.9 Å². The standard InChI is InChI=1S/C20H22BrIO6/c1-23-11-28-16-9-12(6-7-15(16)24-2)8-14(22)13-10-17(25-3)19(26-4)20(27-5)18(13)21/h6-10H,11H2,1-5H3/b14-8+. The van der Waals surface area contributed by atoms with Gasteiger partial charge >= 0.3 is 0 Å². The molecule has 2 rings (SSSR count). The molecule has 0 unspecified atom stereocenters. The van der Waals surface area contributed by atoms with Crippen LogP contribution < -0.4 is 23.7 Å². The van der Waals surface area contributed by atoms with Crippen molar-refractivity contribution in [2.45, 2.75) is 0 Å². The van der Waals surface area contributed by atoms with Crippen molar-refractivity contribution >= 4 is 48.2 Å². The first kappa shape index (κ1) is 22.6. The molecule has 0 amide bonds. The highest BCUT2D eigenvalue weighted by Crippen LogP contribution is 2.48. The lowest BCUT2D eigenvalue weighted by Gasteiger charge is -2.16. The third kappa shape index (κ3) is 5.03. The zero-order valence-corrected chi connectivity index (χ0v) is 20.0. The van der Waals surface area contributed by atoms with Gasteiger partial charge in [-0.05, 0) is 68.4 Å². The molecule has 0 bridgehead atoms. The third-order valence-electron chi connectivity index (χ3n) is 3.84. The fourth-order valence-corrected chi connectivity index (χ4v) is 4.36. The quantitative estimate of drug-likeness (QED) is 0.231. The van der Waals surface area contributed by atoms with E-state index in [0.29, 0.717) is 28.7 Å². The van der Waals surface area contributed by atoms with Gasteiger partial charge in [0.15, 0.2) is 29.8 Å². The Morgan fingerprint density at radius 1 is 0.893 bits per heavy atom. The Labute approximate surface area is 187 Å². The van der Waals surface area contributed by atoms with Crippen LogP contribution in [0.4, 0.5) is 0 Å². The molecule has 0 aliphatic carbocycles. The zero-order valence-electron chi connectivity index (χ0n) is 16.3. The van der Waals surface area contributed by atoms with Crippen LogP contribution in [0.2, 0.25) is 0 Å². The van der Waals surface area contributed by atoms with E-state index in [4.69, 9.17) is 28.4 Å². The van der Waals surface area contributed by atoms with Crippen molar-refractivity contribution in [3.8, 4) is 28.7 Å². The van der Waals surface area contributed by atoms with E-state index in [-0.39, 0.29) is 6.79 Å². The number of benzene rings is 2. The van der Waals surface area contributed by atoms with E-state index in [1.807, 2.05) is 30.3 Å². The van der Waals surface area contributed by atoms with Gasteiger partial charge in [0.1, 0.15) is 0 Å². The van der Waals surface area contributed by atoms with Crippen molar-refractivity contribution in [1.82, 2.24) is 0 Å². The van der Waals surface area contributed by atoms with Crippen molar-refractivity contribution in [2.24, 2.45) is 0 Å². The van der Waals surface area contributed by atoms with Crippen molar-refractivity contribution in [2.75, 3.05) is 42.3 Å². The second-order valence-electron chi connectivity index (χ2n) is 5.46. The molecule has 0 saturated heterocycles. The van der Waals surface area contributed by atoms with E-state index in [1.54, 1.807) is 35.5 Å². The Balaban J connectivity index is 2.51. The third-order valence-corrected chi connectivity index (χ3v) is 5.52. The summed E-state index contributed by atoms with van der Waals surface area (Å²) in [7, 11) is 7.92. The summed E-state index contributed by atoms with van der Waals surface area (Å²) in [6.45, 7) is 0.138. The highest BCUT2D eigenvalue weighted by Gasteiger charge is 2.20. The molecule has 0 aromatic heterocycles. The maximum absolute atomic E-state index is 5.59. The summed E-state index contributed by atoms with van der Waals surface area (Å²) in [4.78, 5) is 0. The van der Waals surface area contributed by atoms with Gasteiger partial charge in [-0.15, -0.1) is 0 Å². The molecule has 0 aliphatic rings. The predicted octanol–water partition coefficient (Wildman–Crippen LogP) is 5.40. The molecule has 152 valence electrons. The van der Waals surface area contributed by atoms with Crippen LogP contribution in [0.5, 0.6) is 28.7 Å². The molecule has 0 saturated carbocycles. The predicted molar refractivity (Wildman–Crippen MR) is 121 cm³/mol. The maximum Gasteiger partial charge on any atom is 0.204 e. The molecular weight excluding hydrogens is 543 g/mol. The minimum atomic E-state index is 0.138. The Morgan fingerprint density at radius 3 is 2.14 bits per heavy atom. The van der Waals surface area contributed by atoms with E-state index in [9.17, 15) is 0 Å². The number of hydrogen-bond acceptors (Lipinski definition) is 6. The van der Waals surface area contributed by atoms with Gasteiger partial charge in [-0.25, -0.2) is 0 Å². The minimum Gasteiger partial charge on any atom is -0.493 e. The van der Waals surface area contributed by atoms with Crippen LogP contribution in [0, 0.1) is 0 Å². The van der Waals surface area contributed by atoms with Crippen LogP contribution >= 0.6 is 38.5 Å². The molecule has 0 aliphatic heterocycles. The van der Waals surface area contributed by atoms with Crippen molar-refractivity contribution in [1.29, 1.82) is 0 Å². The molecule has 6 nitrogen and oxygen atoms in total. The van der Waals surface area contributed by atoms with Crippen LogP contribution in [0.3, 0.4) is 0 Å². The number of ether oxygens (including phenoxy) is 6. The van der Waals surface area contributed by atoms with Crippen LogP contribution in [0.25, 0.3) is 9.66 Å². The van der Waals surface area contributed by atoms with Crippen LogP contribution in [0.1, 0.15) is 11.1 Å². The number of rotatable bonds is 9. The summed E-state index contributed by atoms with van der Waals surface area (Å²) in [6.07, 6.45) is 2.02. The smallest absolute Gasteiger partial charge is 0.204 e. The Bertz CT molecular complexity index is 853. The van der Waals surface area contributed by atoms with Gasteiger partial charge in [0, 0.05) is 16.3 Å². The van der Waals surface area contributed by atoms with Gasteiger partial charge in [-0.1, -0.05) is 6.07 Å². The molecule has 0 fully saturated rings. The first-order valence-electron chi connectivity index (χ1n) is 8.16. The summed E-state index contributed by atoms with van der Waals surface area (Å²) >= 11 is 5.88. The molecule has 0 heterocycles. The average molecular weight is 565 g/mol. The summed E-state index contributed by atoms with van der Waals surface area (Å²) in [6, 6.07) is 7.59. The normalized spacial score (nSPS) is 11.2. The highest BCUT2D eigenvalue weighted by molar-refractivity contribution is 14.1. The van der Waals surface area contributed by atoms with Crippen molar-refractivity contribution < 1.29 is 28.4 Å². The minimum absolute atomic E-state index is 0.138. The molecule has 2 aromatic carbocycles. The highest BCUT2D eigenvalue weighted by atomic mass is 127. The molecule has 8 heteroatoms. The van der Waals surface area contributed by atoms with E-state index < -0.39 is 0 Å². The fraction of sp³-hybridized carbons (Fsp3) is 0.300. The second kappa shape index (κ2) is 10.8. The number of halogens is 2. The monoisotopic (exact) mass is 564 g/mol. The topological polar surface area (TPSA) is 55.4 Å².